The molecule has 1 fully saturated rings. The molecule has 1 aromatic carbocycles. The molecule has 114 valence electrons. The summed E-state index contributed by atoms with van der Waals surface area (Å²) in [4.78, 5) is 15.0. The number of carbonyl (C=O) groups excluding carboxylic acids is 1. The minimum Gasteiger partial charge on any atom is -0.495 e. The summed E-state index contributed by atoms with van der Waals surface area (Å²) in [5, 5.41) is 0.446. The van der Waals surface area contributed by atoms with Crippen LogP contribution in [0.15, 0.2) is 11.1 Å². The van der Waals surface area contributed by atoms with Gasteiger partial charge in [-0.2, -0.15) is 4.99 Å². The zero-order valence-corrected chi connectivity index (χ0v) is 13.4. The Morgan fingerprint density at radius 3 is 2.38 bits per heavy atom. The molecule has 0 heterocycles. The second-order valence-corrected chi connectivity index (χ2v) is 5.64. The van der Waals surface area contributed by atoms with Crippen molar-refractivity contribution >= 4 is 17.7 Å². The lowest BCUT2D eigenvalue weighted by atomic mass is 9.86. The average molecular weight is 310 g/mol. The Morgan fingerprint density at radius 2 is 1.90 bits per heavy atom. The van der Waals surface area contributed by atoms with Crippen LogP contribution in [0.25, 0.3) is 0 Å². The number of nitrogens with zero attached hydrogens (tertiary/aromatic N) is 1. The normalized spacial score (nSPS) is 16.4. The highest BCUT2D eigenvalue weighted by Crippen LogP contribution is 2.50. The van der Waals surface area contributed by atoms with Gasteiger partial charge < -0.3 is 9.47 Å². The quantitative estimate of drug-likeness (QED) is 0.609. The molecule has 2 rings (SSSR count). The number of methoxy groups -OCH3 is 2. The third-order valence-corrected chi connectivity index (χ3v) is 4.58. The highest BCUT2D eigenvalue weighted by atomic mass is 35.5. The van der Waals surface area contributed by atoms with Crippen LogP contribution < -0.4 is 9.47 Å². The van der Waals surface area contributed by atoms with Gasteiger partial charge in [-0.05, 0) is 30.9 Å². The average Bonchev–Trinajstić information content (AvgIpc) is 2.96. The maximum Gasteiger partial charge on any atom is 0.235 e. The van der Waals surface area contributed by atoms with E-state index in [2.05, 4.69) is 4.99 Å². The number of aryl methyl sites for hydroxylation is 1. The molecule has 0 atom stereocenters. The van der Waals surface area contributed by atoms with Crippen molar-refractivity contribution in [2.24, 2.45) is 4.99 Å². The van der Waals surface area contributed by atoms with Crippen molar-refractivity contribution in [2.45, 2.75) is 44.6 Å². The van der Waals surface area contributed by atoms with Gasteiger partial charge in [0.2, 0.25) is 6.08 Å². The van der Waals surface area contributed by atoms with Crippen LogP contribution in [0.1, 0.15) is 43.7 Å². The molecule has 5 heteroatoms. The van der Waals surface area contributed by atoms with Crippen LogP contribution in [-0.4, -0.2) is 20.3 Å². The molecule has 0 amide bonds. The van der Waals surface area contributed by atoms with Crippen molar-refractivity contribution in [1.29, 1.82) is 0 Å². The van der Waals surface area contributed by atoms with Crippen LogP contribution in [0, 0.1) is 0 Å². The summed E-state index contributed by atoms with van der Waals surface area (Å²) < 4.78 is 10.9. The van der Waals surface area contributed by atoms with E-state index in [1.165, 1.54) is 0 Å². The summed E-state index contributed by atoms with van der Waals surface area (Å²) in [6.45, 7) is 2.04. The second kappa shape index (κ2) is 6.50. The predicted molar refractivity (Wildman–Crippen MR) is 82.2 cm³/mol. The van der Waals surface area contributed by atoms with Gasteiger partial charge in [-0.15, -0.1) is 0 Å². The predicted octanol–water partition coefficient (Wildman–Crippen LogP) is 4.02. The van der Waals surface area contributed by atoms with Crippen molar-refractivity contribution < 1.29 is 14.3 Å². The summed E-state index contributed by atoms with van der Waals surface area (Å²) >= 11 is 6.45. The lowest BCUT2D eigenvalue weighted by Gasteiger charge is -2.27. The molecule has 1 aliphatic carbocycles. The number of ether oxygens (including phenoxy) is 2. The van der Waals surface area contributed by atoms with E-state index in [-0.39, 0.29) is 0 Å². The van der Waals surface area contributed by atoms with Gasteiger partial charge in [0.05, 0.1) is 14.2 Å². The highest BCUT2D eigenvalue weighted by Gasteiger charge is 2.39. The first-order chi connectivity index (χ1) is 10.1. The summed E-state index contributed by atoms with van der Waals surface area (Å²) in [7, 11) is 3.16. The third-order valence-electron chi connectivity index (χ3n) is 4.23. The fourth-order valence-electron chi connectivity index (χ4n) is 3.18. The third kappa shape index (κ3) is 2.66. The van der Waals surface area contributed by atoms with E-state index in [1.54, 1.807) is 20.3 Å². The number of hydrogen-bond donors (Lipinski definition) is 0. The van der Waals surface area contributed by atoms with Gasteiger partial charge in [0.1, 0.15) is 22.1 Å². The van der Waals surface area contributed by atoms with E-state index in [0.717, 1.165) is 43.2 Å². The molecule has 0 aromatic heterocycles. The molecule has 0 saturated heterocycles. The zero-order valence-electron chi connectivity index (χ0n) is 12.7. The fourth-order valence-corrected chi connectivity index (χ4v) is 3.56. The van der Waals surface area contributed by atoms with Crippen LogP contribution in [0.2, 0.25) is 5.02 Å². The number of aliphatic imine (C=N–C) groups is 1. The standard InChI is InChI=1S/C16H20ClNO3/c1-4-11-9-12(15(21-3)13(17)14(11)20-2)16(18-10-19)7-5-6-8-16/h9H,4-8H2,1-3H3. The molecule has 1 saturated carbocycles. The maximum absolute atomic E-state index is 10.9. The monoisotopic (exact) mass is 309 g/mol. The first-order valence-electron chi connectivity index (χ1n) is 7.16. The van der Waals surface area contributed by atoms with E-state index in [4.69, 9.17) is 21.1 Å². The molecule has 1 aromatic rings. The Hall–Kier alpha value is -1.51. The Kier molecular flexibility index (Phi) is 4.92. The summed E-state index contributed by atoms with van der Waals surface area (Å²) in [5.74, 6) is 1.18. The van der Waals surface area contributed by atoms with Gasteiger partial charge in [-0.25, -0.2) is 4.79 Å². The highest BCUT2D eigenvalue weighted by molar-refractivity contribution is 6.33. The van der Waals surface area contributed by atoms with Crippen molar-refractivity contribution in [3.05, 3.63) is 22.2 Å². The van der Waals surface area contributed by atoms with Gasteiger partial charge in [-0.3, -0.25) is 0 Å². The summed E-state index contributed by atoms with van der Waals surface area (Å²) in [6.07, 6.45) is 6.18. The molecule has 0 aliphatic heterocycles. The Balaban J connectivity index is 2.72. The lowest BCUT2D eigenvalue weighted by Crippen LogP contribution is -2.21. The topological polar surface area (TPSA) is 47.9 Å². The molecule has 0 radical (unpaired) electrons. The first-order valence-corrected chi connectivity index (χ1v) is 7.54. The van der Waals surface area contributed by atoms with Crippen molar-refractivity contribution in [1.82, 2.24) is 0 Å². The summed E-state index contributed by atoms with van der Waals surface area (Å²) in [5.41, 5.74) is 1.30. The van der Waals surface area contributed by atoms with Crippen LogP contribution >= 0.6 is 11.6 Å². The molecular weight excluding hydrogens is 290 g/mol. The molecule has 0 spiro atoms. The van der Waals surface area contributed by atoms with Gasteiger partial charge in [0, 0.05) is 5.56 Å². The van der Waals surface area contributed by atoms with Gasteiger partial charge in [-0.1, -0.05) is 31.4 Å². The van der Waals surface area contributed by atoms with E-state index < -0.39 is 5.54 Å². The number of rotatable bonds is 5. The maximum atomic E-state index is 10.9. The van der Waals surface area contributed by atoms with E-state index in [0.29, 0.717) is 16.5 Å². The smallest absolute Gasteiger partial charge is 0.235 e. The number of benzene rings is 1. The minimum absolute atomic E-state index is 0.446. The van der Waals surface area contributed by atoms with Crippen molar-refractivity contribution in [3.8, 4) is 11.5 Å². The lowest BCUT2D eigenvalue weighted by molar-refractivity contribution is 0.368. The van der Waals surface area contributed by atoms with Crippen molar-refractivity contribution in [2.75, 3.05) is 14.2 Å². The van der Waals surface area contributed by atoms with E-state index >= 15 is 0 Å². The Morgan fingerprint density at radius 1 is 1.29 bits per heavy atom. The number of hydrogen-bond acceptors (Lipinski definition) is 4. The number of halogens is 1. The first kappa shape index (κ1) is 15.9. The van der Waals surface area contributed by atoms with Crippen LogP contribution in [0.3, 0.4) is 0 Å². The van der Waals surface area contributed by atoms with Gasteiger partial charge in [0.15, 0.2) is 0 Å². The zero-order chi connectivity index (χ0) is 15.5. The van der Waals surface area contributed by atoms with Crippen LogP contribution in [0.4, 0.5) is 0 Å². The second-order valence-electron chi connectivity index (χ2n) is 5.26. The molecule has 1 aliphatic rings. The molecule has 21 heavy (non-hydrogen) atoms. The molecular formula is C16H20ClNO3. The minimum atomic E-state index is -0.563. The van der Waals surface area contributed by atoms with E-state index in [1.807, 2.05) is 13.0 Å². The fraction of sp³-hybridized carbons (Fsp3) is 0.562. The van der Waals surface area contributed by atoms with Crippen LogP contribution in [0.5, 0.6) is 11.5 Å². The molecule has 0 unspecified atom stereocenters. The molecule has 0 N–H and O–H groups in total. The molecule has 0 bridgehead atoms. The largest absolute Gasteiger partial charge is 0.495 e. The van der Waals surface area contributed by atoms with Crippen LogP contribution in [-0.2, 0) is 16.8 Å². The Bertz CT molecular complexity index is 573. The SMILES string of the molecule is CCc1cc(C2(N=C=O)CCCC2)c(OC)c(Cl)c1OC. The molecule has 4 nitrogen and oxygen atoms in total. The number of isocyanates is 1. The summed E-state index contributed by atoms with van der Waals surface area (Å²) in [6, 6.07) is 2.01. The van der Waals surface area contributed by atoms with Gasteiger partial charge in [0.25, 0.3) is 0 Å². The van der Waals surface area contributed by atoms with Gasteiger partial charge >= 0.3 is 0 Å². The Labute approximate surface area is 130 Å². The van der Waals surface area contributed by atoms with Crippen molar-refractivity contribution in [3.63, 3.8) is 0 Å². The van der Waals surface area contributed by atoms with E-state index in [9.17, 15) is 4.79 Å².